The lowest BCUT2D eigenvalue weighted by molar-refractivity contribution is 0.310. The molecule has 0 bridgehead atoms. The van der Waals surface area contributed by atoms with Crippen LogP contribution in [0.3, 0.4) is 0 Å². The first-order chi connectivity index (χ1) is 9.74. The van der Waals surface area contributed by atoms with Gasteiger partial charge in [-0.1, -0.05) is 19.9 Å². The fraction of sp³-hybridized carbons (Fsp3) is 0.706. The minimum absolute atomic E-state index is 0.759. The van der Waals surface area contributed by atoms with Gasteiger partial charge in [-0.25, -0.2) is 4.98 Å². The summed E-state index contributed by atoms with van der Waals surface area (Å²) < 4.78 is 0. The number of hydrogen-bond acceptors (Lipinski definition) is 3. The molecule has 110 valence electrons. The van der Waals surface area contributed by atoms with Gasteiger partial charge in [0.05, 0.1) is 0 Å². The molecule has 0 spiro atoms. The molecule has 3 nitrogen and oxygen atoms in total. The molecule has 1 saturated heterocycles. The topological polar surface area (TPSA) is 28.2 Å². The van der Waals surface area contributed by atoms with Gasteiger partial charge in [0.15, 0.2) is 0 Å². The number of aromatic nitrogens is 1. The number of anilines is 1. The standard InChI is InChI=1S/C17H27N3/c1-13(2)14-7-10-20(11-8-14)17-15(4-3-9-18-17)12-19-16-5-6-16/h3-4,9,13-14,16,19H,5-8,10-12H2,1-2H3. The second-order valence-corrected chi connectivity index (χ2v) is 6.71. The molecule has 0 amide bonds. The summed E-state index contributed by atoms with van der Waals surface area (Å²) in [5.41, 5.74) is 1.36. The van der Waals surface area contributed by atoms with E-state index in [0.717, 1.165) is 37.5 Å². The monoisotopic (exact) mass is 273 g/mol. The number of hydrogen-bond donors (Lipinski definition) is 1. The second-order valence-electron chi connectivity index (χ2n) is 6.71. The Morgan fingerprint density at radius 3 is 2.65 bits per heavy atom. The Morgan fingerprint density at radius 2 is 2.00 bits per heavy atom. The van der Waals surface area contributed by atoms with E-state index in [9.17, 15) is 0 Å². The molecule has 1 aliphatic carbocycles. The van der Waals surface area contributed by atoms with E-state index in [-0.39, 0.29) is 0 Å². The fourth-order valence-electron chi connectivity index (χ4n) is 3.17. The van der Waals surface area contributed by atoms with Gasteiger partial charge in [-0.2, -0.15) is 0 Å². The molecule has 0 aromatic carbocycles. The van der Waals surface area contributed by atoms with Gasteiger partial charge in [0.1, 0.15) is 5.82 Å². The summed E-state index contributed by atoms with van der Waals surface area (Å²) in [6.07, 6.45) is 7.24. The van der Waals surface area contributed by atoms with Gasteiger partial charge < -0.3 is 10.2 Å². The van der Waals surface area contributed by atoms with E-state index in [1.807, 2.05) is 6.20 Å². The van der Waals surface area contributed by atoms with Crippen LogP contribution in [0.15, 0.2) is 18.3 Å². The summed E-state index contributed by atoms with van der Waals surface area (Å²) in [7, 11) is 0. The van der Waals surface area contributed by atoms with Crippen LogP contribution in [0.4, 0.5) is 5.82 Å². The molecule has 1 saturated carbocycles. The number of piperidine rings is 1. The van der Waals surface area contributed by atoms with Crippen LogP contribution in [0.2, 0.25) is 0 Å². The number of rotatable bonds is 5. The highest BCUT2D eigenvalue weighted by atomic mass is 15.2. The molecule has 0 atom stereocenters. The van der Waals surface area contributed by atoms with Crippen molar-refractivity contribution in [1.29, 1.82) is 0 Å². The average molecular weight is 273 g/mol. The van der Waals surface area contributed by atoms with E-state index in [4.69, 9.17) is 0 Å². The highest BCUT2D eigenvalue weighted by molar-refractivity contribution is 5.47. The van der Waals surface area contributed by atoms with Crippen molar-refractivity contribution in [2.24, 2.45) is 11.8 Å². The summed E-state index contributed by atoms with van der Waals surface area (Å²) >= 11 is 0. The first-order valence-electron chi connectivity index (χ1n) is 8.16. The van der Waals surface area contributed by atoms with Crippen LogP contribution >= 0.6 is 0 Å². The third kappa shape index (κ3) is 3.32. The van der Waals surface area contributed by atoms with Crippen molar-refractivity contribution in [3.8, 4) is 0 Å². The van der Waals surface area contributed by atoms with E-state index in [2.05, 4.69) is 41.2 Å². The second kappa shape index (κ2) is 6.13. The average Bonchev–Trinajstić information content (AvgIpc) is 3.30. The van der Waals surface area contributed by atoms with E-state index in [0.29, 0.717) is 0 Å². The van der Waals surface area contributed by atoms with E-state index in [1.54, 1.807) is 0 Å². The van der Waals surface area contributed by atoms with Gasteiger partial charge in [-0.15, -0.1) is 0 Å². The van der Waals surface area contributed by atoms with Gasteiger partial charge in [0, 0.05) is 37.4 Å². The lowest BCUT2D eigenvalue weighted by atomic mass is 9.86. The van der Waals surface area contributed by atoms with Crippen LogP contribution in [-0.4, -0.2) is 24.1 Å². The Kier molecular flexibility index (Phi) is 4.25. The predicted octanol–water partition coefficient (Wildman–Crippen LogP) is 3.21. The van der Waals surface area contributed by atoms with Gasteiger partial charge in [0.2, 0.25) is 0 Å². The molecule has 3 rings (SSSR count). The SMILES string of the molecule is CC(C)C1CCN(c2ncccc2CNC2CC2)CC1. The summed E-state index contributed by atoms with van der Waals surface area (Å²) in [5, 5.41) is 3.61. The van der Waals surface area contributed by atoms with E-state index in [1.165, 1.54) is 37.1 Å². The van der Waals surface area contributed by atoms with Crippen molar-refractivity contribution in [2.75, 3.05) is 18.0 Å². The van der Waals surface area contributed by atoms with Crippen molar-refractivity contribution >= 4 is 5.82 Å². The Hall–Kier alpha value is -1.09. The van der Waals surface area contributed by atoms with Crippen LogP contribution < -0.4 is 10.2 Å². The molecule has 1 N–H and O–H groups in total. The highest BCUT2D eigenvalue weighted by Crippen LogP contribution is 2.29. The molecular weight excluding hydrogens is 246 g/mol. The maximum atomic E-state index is 4.66. The Bertz CT molecular complexity index is 432. The number of nitrogens with one attached hydrogen (secondary N) is 1. The Balaban J connectivity index is 1.64. The fourth-order valence-corrected chi connectivity index (χ4v) is 3.17. The highest BCUT2D eigenvalue weighted by Gasteiger charge is 2.24. The van der Waals surface area contributed by atoms with Gasteiger partial charge in [0.25, 0.3) is 0 Å². The molecule has 1 aromatic rings. The maximum Gasteiger partial charge on any atom is 0.133 e. The van der Waals surface area contributed by atoms with Gasteiger partial charge >= 0.3 is 0 Å². The van der Waals surface area contributed by atoms with Gasteiger partial charge in [-0.3, -0.25) is 0 Å². The zero-order chi connectivity index (χ0) is 13.9. The van der Waals surface area contributed by atoms with Crippen LogP contribution in [-0.2, 0) is 6.54 Å². The molecule has 2 fully saturated rings. The third-order valence-electron chi connectivity index (χ3n) is 4.81. The molecule has 2 aliphatic rings. The summed E-state index contributed by atoms with van der Waals surface area (Å²) in [5.74, 6) is 2.92. The minimum atomic E-state index is 0.759. The van der Waals surface area contributed by atoms with Crippen molar-refractivity contribution in [3.05, 3.63) is 23.9 Å². The number of pyridine rings is 1. The predicted molar refractivity (Wildman–Crippen MR) is 83.9 cm³/mol. The molecule has 0 radical (unpaired) electrons. The normalized spacial score (nSPS) is 20.6. The summed E-state index contributed by atoms with van der Waals surface area (Å²) in [4.78, 5) is 7.15. The Labute approximate surface area is 122 Å². The first-order valence-corrected chi connectivity index (χ1v) is 8.16. The molecule has 2 heterocycles. The van der Waals surface area contributed by atoms with Crippen molar-refractivity contribution in [1.82, 2.24) is 10.3 Å². The summed E-state index contributed by atoms with van der Waals surface area (Å²) in [6, 6.07) is 5.05. The lowest BCUT2D eigenvalue weighted by Crippen LogP contribution is -2.36. The largest absolute Gasteiger partial charge is 0.356 e. The van der Waals surface area contributed by atoms with E-state index < -0.39 is 0 Å². The molecule has 1 aromatic heterocycles. The first kappa shape index (κ1) is 13.9. The molecule has 1 aliphatic heterocycles. The molecule has 3 heteroatoms. The van der Waals surface area contributed by atoms with Crippen LogP contribution in [0.5, 0.6) is 0 Å². The van der Waals surface area contributed by atoms with Crippen molar-refractivity contribution in [2.45, 2.75) is 52.1 Å². The zero-order valence-corrected chi connectivity index (χ0v) is 12.8. The quantitative estimate of drug-likeness (QED) is 0.893. The smallest absolute Gasteiger partial charge is 0.133 e. The van der Waals surface area contributed by atoms with Crippen LogP contribution in [0.25, 0.3) is 0 Å². The van der Waals surface area contributed by atoms with E-state index >= 15 is 0 Å². The minimum Gasteiger partial charge on any atom is -0.356 e. The molecule has 0 unspecified atom stereocenters. The molecule has 20 heavy (non-hydrogen) atoms. The van der Waals surface area contributed by atoms with Crippen molar-refractivity contribution in [3.63, 3.8) is 0 Å². The number of nitrogens with zero attached hydrogens (tertiary/aromatic N) is 2. The van der Waals surface area contributed by atoms with Gasteiger partial charge in [-0.05, 0) is 43.6 Å². The Morgan fingerprint density at radius 1 is 1.25 bits per heavy atom. The summed E-state index contributed by atoms with van der Waals surface area (Å²) in [6.45, 7) is 8.00. The lowest BCUT2D eigenvalue weighted by Gasteiger charge is -2.35. The maximum absolute atomic E-state index is 4.66. The van der Waals surface area contributed by atoms with Crippen LogP contribution in [0.1, 0.15) is 45.1 Å². The molecular formula is C17H27N3. The zero-order valence-electron chi connectivity index (χ0n) is 12.8. The van der Waals surface area contributed by atoms with Crippen LogP contribution in [0, 0.1) is 11.8 Å². The third-order valence-corrected chi connectivity index (χ3v) is 4.81. The van der Waals surface area contributed by atoms with Crippen molar-refractivity contribution < 1.29 is 0 Å².